The molecule has 0 spiro atoms. The molecule has 0 bridgehead atoms. The summed E-state index contributed by atoms with van der Waals surface area (Å²) in [6.45, 7) is 2.00. The summed E-state index contributed by atoms with van der Waals surface area (Å²) in [5, 5.41) is 0. The molecular weight excluding hydrogens is 166 g/mol. The molecule has 0 aliphatic carbocycles. The summed E-state index contributed by atoms with van der Waals surface area (Å²) < 4.78 is 0. The zero-order valence-corrected chi connectivity index (χ0v) is 7.83. The van der Waals surface area contributed by atoms with Crippen LogP contribution < -0.4 is 5.48 Å². The first-order chi connectivity index (χ1) is 6.22. The highest BCUT2D eigenvalue weighted by molar-refractivity contribution is 5.77. The van der Waals surface area contributed by atoms with Crippen molar-refractivity contribution in [1.82, 2.24) is 5.48 Å². The van der Waals surface area contributed by atoms with Crippen molar-refractivity contribution in [3.05, 3.63) is 35.4 Å². The minimum Gasteiger partial charge on any atom is -0.277 e. The minimum atomic E-state index is -0.131. The fourth-order valence-electron chi connectivity index (χ4n) is 1.16. The molecule has 0 atom stereocenters. The molecule has 70 valence electrons. The van der Waals surface area contributed by atoms with Gasteiger partial charge in [0, 0.05) is 0 Å². The van der Waals surface area contributed by atoms with E-state index in [9.17, 15) is 4.79 Å². The van der Waals surface area contributed by atoms with E-state index >= 15 is 0 Å². The Labute approximate surface area is 77.7 Å². The van der Waals surface area contributed by atoms with E-state index in [0.29, 0.717) is 6.42 Å². The second-order valence-electron chi connectivity index (χ2n) is 2.90. The van der Waals surface area contributed by atoms with Gasteiger partial charge in [-0.1, -0.05) is 29.8 Å². The summed E-state index contributed by atoms with van der Waals surface area (Å²) in [7, 11) is 1.42. The van der Waals surface area contributed by atoms with Gasteiger partial charge >= 0.3 is 0 Å². The van der Waals surface area contributed by atoms with Gasteiger partial charge < -0.3 is 0 Å². The van der Waals surface area contributed by atoms with E-state index in [-0.39, 0.29) is 5.91 Å². The quantitative estimate of drug-likeness (QED) is 0.708. The molecule has 1 N–H and O–H groups in total. The Hall–Kier alpha value is -1.35. The number of hydroxylamine groups is 1. The lowest BCUT2D eigenvalue weighted by atomic mass is 10.1. The Morgan fingerprint density at radius 3 is 2.92 bits per heavy atom. The summed E-state index contributed by atoms with van der Waals surface area (Å²) >= 11 is 0. The van der Waals surface area contributed by atoms with Crippen molar-refractivity contribution in [2.24, 2.45) is 0 Å². The number of carbonyl (C=O) groups is 1. The van der Waals surface area contributed by atoms with Gasteiger partial charge in [-0.3, -0.25) is 9.63 Å². The molecule has 1 aromatic carbocycles. The lowest BCUT2D eigenvalue weighted by Gasteiger charge is -2.02. The Morgan fingerprint density at radius 1 is 1.54 bits per heavy atom. The molecule has 0 unspecified atom stereocenters. The van der Waals surface area contributed by atoms with E-state index in [4.69, 9.17) is 0 Å². The number of nitrogens with one attached hydrogen (secondary N) is 1. The van der Waals surface area contributed by atoms with Crippen LogP contribution in [0.15, 0.2) is 24.3 Å². The fourth-order valence-corrected chi connectivity index (χ4v) is 1.16. The van der Waals surface area contributed by atoms with Crippen LogP contribution in [0.5, 0.6) is 0 Å². The highest BCUT2D eigenvalue weighted by Gasteiger charge is 2.01. The summed E-state index contributed by atoms with van der Waals surface area (Å²) in [6.07, 6.45) is 0.357. The minimum absolute atomic E-state index is 0.131. The first-order valence-corrected chi connectivity index (χ1v) is 4.09. The van der Waals surface area contributed by atoms with Crippen LogP contribution in [0.1, 0.15) is 11.1 Å². The van der Waals surface area contributed by atoms with Crippen molar-refractivity contribution < 1.29 is 9.63 Å². The smallest absolute Gasteiger partial charge is 0.247 e. The first-order valence-electron chi connectivity index (χ1n) is 4.09. The molecule has 0 aromatic heterocycles. The molecule has 0 saturated heterocycles. The van der Waals surface area contributed by atoms with E-state index in [2.05, 4.69) is 10.3 Å². The molecule has 0 aliphatic heterocycles. The van der Waals surface area contributed by atoms with Crippen LogP contribution in [0.2, 0.25) is 0 Å². The third-order valence-corrected chi connectivity index (χ3v) is 1.66. The fraction of sp³-hybridized carbons (Fsp3) is 0.300. The molecule has 1 aromatic rings. The van der Waals surface area contributed by atoms with Gasteiger partial charge in [0.25, 0.3) is 0 Å². The Bertz CT molecular complexity index is 297. The number of hydrogen-bond acceptors (Lipinski definition) is 2. The van der Waals surface area contributed by atoms with Gasteiger partial charge in [-0.2, -0.15) is 0 Å². The number of carbonyl (C=O) groups excluding carboxylic acids is 1. The molecule has 0 fully saturated rings. The van der Waals surface area contributed by atoms with Crippen molar-refractivity contribution in [1.29, 1.82) is 0 Å². The monoisotopic (exact) mass is 179 g/mol. The first kappa shape index (κ1) is 9.74. The molecule has 0 heterocycles. The van der Waals surface area contributed by atoms with Crippen LogP contribution in [0.4, 0.5) is 0 Å². The van der Waals surface area contributed by atoms with Gasteiger partial charge in [0.2, 0.25) is 5.91 Å². The molecule has 1 amide bonds. The zero-order valence-electron chi connectivity index (χ0n) is 7.83. The number of benzene rings is 1. The average molecular weight is 179 g/mol. The van der Waals surface area contributed by atoms with Crippen molar-refractivity contribution in [2.45, 2.75) is 13.3 Å². The van der Waals surface area contributed by atoms with Gasteiger partial charge in [-0.25, -0.2) is 5.48 Å². The molecule has 0 aliphatic rings. The summed E-state index contributed by atoms with van der Waals surface area (Å²) in [5.41, 5.74) is 4.42. The molecule has 0 radical (unpaired) electrons. The highest BCUT2D eigenvalue weighted by atomic mass is 16.6. The van der Waals surface area contributed by atoms with E-state index < -0.39 is 0 Å². The molecule has 1 rings (SSSR count). The van der Waals surface area contributed by atoms with Crippen molar-refractivity contribution >= 4 is 5.91 Å². The van der Waals surface area contributed by atoms with Crippen LogP contribution >= 0.6 is 0 Å². The average Bonchev–Trinajstić information content (AvgIpc) is 2.04. The van der Waals surface area contributed by atoms with Gasteiger partial charge in [0.05, 0.1) is 13.5 Å². The van der Waals surface area contributed by atoms with Crippen LogP contribution in [-0.4, -0.2) is 13.0 Å². The second kappa shape index (κ2) is 4.62. The van der Waals surface area contributed by atoms with Crippen molar-refractivity contribution in [3.8, 4) is 0 Å². The topological polar surface area (TPSA) is 38.3 Å². The van der Waals surface area contributed by atoms with Gasteiger partial charge in [0.15, 0.2) is 0 Å². The zero-order chi connectivity index (χ0) is 9.68. The van der Waals surface area contributed by atoms with E-state index in [1.54, 1.807) is 0 Å². The number of hydrogen-bond donors (Lipinski definition) is 1. The van der Waals surface area contributed by atoms with Gasteiger partial charge in [0.1, 0.15) is 0 Å². The van der Waals surface area contributed by atoms with Gasteiger partial charge in [-0.15, -0.1) is 0 Å². The van der Waals surface area contributed by atoms with Crippen LogP contribution in [0, 0.1) is 6.92 Å². The van der Waals surface area contributed by atoms with Crippen molar-refractivity contribution in [3.63, 3.8) is 0 Å². The molecule has 0 saturated carbocycles. The molecule has 3 heteroatoms. The maximum atomic E-state index is 11.1. The highest BCUT2D eigenvalue weighted by Crippen LogP contribution is 2.04. The maximum Gasteiger partial charge on any atom is 0.247 e. The summed E-state index contributed by atoms with van der Waals surface area (Å²) in [6, 6.07) is 7.83. The summed E-state index contributed by atoms with van der Waals surface area (Å²) in [4.78, 5) is 15.6. The third-order valence-electron chi connectivity index (χ3n) is 1.66. The normalized spacial score (nSPS) is 9.69. The largest absolute Gasteiger partial charge is 0.277 e. The third kappa shape index (κ3) is 3.25. The molecule has 3 nitrogen and oxygen atoms in total. The number of amides is 1. The van der Waals surface area contributed by atoms with E-state index in [1.807, 2.05) is 31.2 Å². The van der Waals surface area contributed by atoms with E-state index in [0.717, 1.165) is 11.1 Å². The Kier molecular flexibility index (Phi) is 3.46. The van der Waals surface area contributed by atoms with Crippen LogP contribution in [0.25, 0.3) is 0 Å². The van der Waals surface area contributed by atoms with Crippen LogP contribution in [0.3, 0.4) is 0 Å². The molecular formula is C10H13NO2. The lowest BCUT2D eigenvalue weighted by Crippen LogP contribution is -2.23. The van der Waals surface area contributed by atoms with Crippen molar-refractivity contribution in [2.75, 3.05) is 7.11 Å². The Balaban J connectivity index is 2.58. The second-order valence-corrected chi connectivity index (χ2v) is 2.90. The SMILES string of the molecule is CONC(=O)Cc1cccc(C)c1. The molecule has 13 heavy (non-hydrogen) atoms. The number of rotatable bonds is 3. The predicted octanol–water partition coefficient (Wildman–Crippen LogP) is 1.22. The summed E-state index contributed by atoms with van der Waals surface area (Å²) in [5.74, 6) is -0.131. The Morgan fingerprint density at radius 2 is 2.31 bits per heavy atom. The number of aryl methyl sites for hydroxylation is 1. The maximum absolute atomic E-state index is 11.1. The van der Waals surface area contributed by atoms with E-state index in [1.165, 1.54) is 7.11 Å². The predicted molar refractivity (Wildman–Crippen MR) is 50.0 cm³/mol. The standard InChI is InChI=1S/C10H13NO2/c1-8-4-3-5-9(6-8)7-10(12)11-13-2/h3-6H,7H2,1-2H3,(H,11,12). The lowest BCUT2D eigenvalue weighted by molar-refractivity contribution is -0.130. The van der Waals surface area contributed by atoms with Crippen LogP contribution in [-0.2, 0) is 16.1 Å². The van der Waals surface area contributed by atoms with Gasteiger partial charge in [-0.05, 0) is 12.5 Å².